The van der Waals surface area contributed by atoms with E-state index in [9.17, 15) is 19.5 Å². The summed E-state index contributed by atoms with van der Waals surface area (Å²) in [5, 5.41) is 15.2. The van der Waals surface area contributed by atoms with Crippen LogP contribution in [0.5, 0.6) is 5.75 Å². The highest BCUT2D eigenvalue weighted by Crippen LogP contribution is 2.26. The number of ether oxygens (including phenoxy) is 2. The Morgan fingerprint density at radius 2 is 1.67 bits per heavy atom. The molecule has 0 bridgehead atoms. The van der Waals surface area contributed by atoms with Gasteiger partial charge in [0.25, 0.3) is 5.91 Å². The predicted molar refractivity (Wildman–Crippen MR) is 138 cm³/mol. The van der Waals surface area contributed by atoms with E-state index in [2.05, 4.69) is 10.6 Å². The minimum Gasteiger partial charge on any atom is -0.497 e. The largest absolute Gasteiger partial charge is 0.497 e. The second-order valence-corrected chi connectivity index (χ2v) is 9.47. The highest BCUT2D eigenvalue weighted by molar-refractivity contribution is 5.99. The SMILES string of the molecule is CCN(C(=O)C(CO)NC(=O)OC(C)(C)C)C(C(=O)Nc1ccc(OC)cc1)c1ccc(C)c(C)c1. The summed E-state index contributed by atoms with van der Waals surface area (Å²) < 4.78 is 10.4. The molecule has 0 spiro atoms. The number of methoxy groups -OCH3 is 1. The van der Waals surface area contributed by atoms with Gasteiger partial charge in [-0.25, -0.2) is 4.79 Å². The van der Waals surface area contributed by atoms with Crippen LogP contribution >= 0.6 is 0 Å². The van der Waals surface area contributed by atoms with Crippen molar-refractivity contribution in [2.24, 2.45) is 0 Å². The fourth-order valence-corrected chi connectivity index (χ4v) is 3.59. The molecule has 3 N–H and O–H groups in total. The van der Waals surface area contributed by atoms with Gasteiger partial charge in [0.1, 0.15) is 23.4 Å². The minimum atomic E-state index is -1.29. The molecule has 2 atom stereocenters. The number of aliphatic hydroxyl groups excluding tert-OH is 1. The van der Waals surface area contributed by atoms with Crippen molar-refractivity contribution in [2.45, 2.75) is 59.2 Å². The van der Waals surface area contributed by atoms with Crippen LogP contribution in [0.3, 0.4) is 0 Å². The van der Waals surface area contributed by atoms with Crippen LogP contribution in [-0.4, -0.2) is 59.8 Å². The van der Waals surface area contributed by atoms with E-state index in [1.165, 1.54) is 4.90 Å². The lowest BCUT2D eigenvalue weighted by Crippen LogP contribution is -2.53. The van der Waals surface area contributed by atoms with Crippen LogP contribution in [0.25, 0.3) is 0 Å². The molecule has 2 aromatic rings. The molecule has 9 nitrogen and oxygen atoms in total. The number of nitrogens with one attached hydrogen (secondary N) is 2. The Morgan fingerprint density at radius 3 is 2.17 bits per heavy atom. The van der Waals surface area contributed by atoms with E-state index in [1.54, 1.807) is 65.1 Å². The summed E-state index contributed by atoms with van der Waals surface area (Å²) in [7, 11) is 1.55. The van der Waals surface area contributed by atoms with Crippen LogP contribution in [0.4, 0.5) is 10.5 Å². The predicted octanol–water partition coefficient (Wildman–Crippen LogP) is 3.73. The number of likely N-dealkylation sites (N-methyl/N-ethyl adjacent to an activating group) is 1. The van der Waals surface area contributed by atoms with Gasteiger partial charge in [0.05, 0.1) is 13.7 Å². The highest BCUT2D eigenvalue weighted by Gasteiger charge is 2.35. The normalized spacial score (nSPS) is 12.8. The first-order chi connectivity index (χ1) is 16.9. The van der Waals surface area contributed by atoms with E-state index in [0.717, 1.165) is 11.1 Å². The lowest BCUT2D eigenvalue weighted by Gasteiger charge is -2.33. The topological polar surface area (TPSA) is 117 Å². The number of carbonyl (C=O) groups is 3. The van der Waals surface area contributed by atoms with Crippen molar-refractivity contribution in [1.29, 1.82) is 0 Å². The highest BCUT2D eigenvalue weighted by atomic mass is 16.6. The minimum absolute atomic E-state index is 0.152. The van der Waals surface area contributed by atoms with E-state index < -0.39 is 42.2 Å². The van der Waals surface area contributed by atoms with Crippen molar-refractivity contribution >= 4 is 23.6 Å². The van der Waals surface area contributed by atoms with E-state index >= 15 is 0 Å². The fraction of sp³-hybridized carbons (Fsp3) is 0.444. The lowest BCUT2D eigenvalue weighted by molar-refractivity contribution is -0.141. The van der Waals surface area contributed by atoms with Crippen molar-refractivity contribution in [3.8, 4) is 5.75 Å². The second-order valence-electron chi connectivity index (χ2n) is 9.47. The molecule has 2 unspecified atom stereocenters. The number of carbonyl (C=O) groups excluding carboxylic acids is 3. The zero-order chi connectivity index (χ0) is 27.0. The van der Waals surface area contributed by atoms with Gasteiger partial charge in [-0.3, -0.25) is 9.59 Å². The van der Waals surface area contributed by atoms with Gasteiger partial charge in [-0.05, 0) is 82.5 Å². The molecule has 0 fully saturated rings. The quantitative estimate of drug-likeness (QED) is 0.484. The Hall–Kier alpha value is -3.59. The summed E-state index contributed by atoms with van der Waals surface area (Å²) in [6.45, 7) is 10.2. The van der Waals surface area contributed by atoms with Gasteiger partial charge in [0.15, 0.2) is 0 Å². The molecular weight excluding hydrogens is 462 g/mol. The molecule has 2 aromatic carbocycles. The molecule has 36 heavy (non-hydrogen) atoms. The average molecular weight is 500 g/mol. The van der Waals surface area contributed by atoms with Gasteiger partial charge in [-0.2, -0.15) is 0 Å². The number of hydrogen-bond donors (Lipinski definition) is 3. The molecule has 0 aliphatic rings. The van der Waals surface area contributed by atoms with Crippen molar-refractivity contribution in [3.05, 3.63) is 59.2 Å². The number of aliphatic hydroxyl groups is 1. The molecule has 3 amide bonds. The van der Waals surface area contributed by atoms with Crippen molar-refractivity contribution < 1.29 is 29.0 Å². The summed E-state index contributed by atoms with van der Waals surface area (Å²) in [6, 6.07) is 10.1. The Labute approximate surface area is 212 Å². The summed E-state index contributed by atoms with van der Waals surface area (Å²) in [5.41, 5.74) is 2.36. The van der Waals surface area contributed by atoms with E-state index in [4.69, 9.17) is 9.47 Å². The maximum absolute atomic E-state index is 13.6. The van der Waals surface area contributed by atoms with Gasteiger partial charge in [0.2, 0.25) is 5.91 Å². The van der Waals surface area contributed by atoms with Crippen LogP contribution < -0.4 is 15.4 Å². The zero-order valence-corrected chi connectivity index (χ0v) is 22.0. The monoisotopic (exact) mass is 499 g/mol. The van der Waals surface area contributed by atoms with E-state index in [-0.39, 0.29) is 6.54 Å². The molecule has 0 radical (unpaired) electrons. The third-order valence-electron chi connectivity index (χ3n) is 5.56. The van der Waals surface area contributed by atoms with Crippen molar-refractivity contribution in [1.82, 2.24) is 10.2 Å². The van der Waals surface area contributed by atoms with Gasteiger partial charge in [0, 0.05) is 12.2 Å². The van der Waals surface area contributed by atoms with Gasteiger partial charge >= 0.3 is 6.09 Å². The third-order valence-corrected chi connectivity index (χ3v) is 5.56. The summed E-state index contributed by atoms with van der Waals surface area (Å²) in [6.07, 6.45) is -0.837. The number of anilines is 1. The maximum atomic E-state index is 13.6. The van der Waals surface area contributed by atoms with Crippen LogP contribution in [0.1, 0.15) is 50.4 Å². The van der Waals surface area contributed by atoms with E-state index in [0.29, 0.717) is 17.0 Å². The molecule has 0 aliphatic carbocycles. The summed E-state index contributed by atoms with van der Waals surface area (Å²) >= 11 is 0. The second kappa shape index (κ2) is 12.4. The molecule has 0 aliphatic heterocycles. The number of benzene rings is 2. The Morgan fingerprint density at radius 1 is 1.03 bits per heavy atom. The maximum Gasteiger partial charge on any atom is 0.408 e. The van der Waals surface area contributed by atoms with Crippen molar-refractivity contribution in [2.75, 3.05) is 25.6 Å². The average Bonchev–Trinajstić information content (AvgIpc) is 2.81. The fourth-order valence-electron chi connectivity index (χ4n) is 3.59. The van der Waals surface area contributed by atoms with Crippen LogP contribution in [0.15, 0.2) is 42.5 Å². The third kappa shape index (κ3) is 7.71. The Kier molecular flexibility index (Phi) is 9.86. The van der Waals surface area contributed by atoms with Crippen molar-refractivity contribution in [3.63, 3.8) is 0 Å². The number of alkyl carbamates (subject to hydrolysis) is 1. The van der Waals surface area contributed by atoms with Gasteiger partial charge in [-0.15, -0.1) is 0 Å². The smallest absolute Gasteiger partial charge is 0.408 e. The molecule has 196 valence electrons. The van der Waals surface area contributed by atoms with Crippen LogP contribution in [0.2, 0.25) is 0 Å². The number of rotatable bonds is 9. The first-order valence-electron chi connectivity index (χ1n) is 11.8. The molecule has 9 heteroatoms. The first-order valence-corrected chi connectivity index (χ1v) is 11.8. The van der Waals surface area contributed by atoms with Gasteiger partial charge in [-0.1, -0.05) is 18.2 Å². The zero-order valence-electron chi connectivity index (χ0n) is 22.0. The lowest BCUT2D eigenvalue weighted by atomic mass is 9.98. The molecule has 0 aromatic heterocycles. The molecule has 0 heterocycles. The summed E-state index contributed by atoms with van der Waals surface area (Å²) in [5.74, 6) is -0.408. The summed E-state index contributed by atoms with van der Waals surface area (Å²) in [4.78, 5) is 40.7. The number of amides is 3. The number of nitrogens with zero attached hydrogens (tertiary/aromatic N) is 1. The molecule has 0 saturated heterocycles. The Bertz CT molecular complexity index is 1060. The molecule has 0 saturated carbocycles. The Balaban J connectivity index is 2.41. The number of hydrogen-bond acceptors (Lipinski definition) is 6. The molecular formula is C27H37N3O6. The van der Waals surface area contributed by atoms with Crippen LogP contribution in [-0.2, 0) is 14.3 Å². The number of aryl methyl sites for hydroxylation is 2. The molecule has 2 rings (SSSR count). The van der Waals surface area contributed by atoms with Crippen LogP contribution in [0, 0.1) is 13.8 Å². The van der Waals surface area contributed by atoms with E-state index in [1.807, 2.05) is 26.0 Å². The van der Waals surface area contributed by atoms with Gasteiger partial charge < -0.3 is 30.1 Å². The standard InChI is InChI=1S/C27H37N3O6/c1-8-30(25(33)22(16-31)29-26(34)36-27(4,5)6)23(19-10-9-17(2)18(3)15-19)24(32)28-20-11-13-21(35-7)14-12-20/h9-15,22-23,31H,8,16H2,1-7H3,(H,28,32)(H,29,34). The first kappa shape index (κ1) is 28.6.